The Balaban J connectivity index is 2.40. The molecule has 0 bridgehead atoms. The summed E-state index contributed by atoms with van der Waals surface area (Å²) in [6.07, 6.45) is 1.73. The lowest BCUT2D eigenvalue weighted by Gasteiger charge is -2.21. The van der Waals surface area contributed by atoms with Gasteiger partial charge in [-0.15, -0.1) is 0 Å². The highest BCUT2D eigenvalue weighted by Crippen LogP contribution is 2.04. The van der Waals surface area contributed by atoms with Crippen molar-refractivity contribution < 1.29 is 9.53 Å². The summed E-state index contributed by atoms with van der Waals surface area (Å²) in [4.78, 5) is 14.1. The van der Waals surface area contributed by atoms with Crippen molar-refractivity contribution in [1.29, 1.82) is 0 Å². The number of ether oxygens (including phenoxy) is 1. The molecule has 118 valence electrons. The molecule has 0 saturated carbocycles. The van der Waals surface area contributed by atoms with Gasteiger partial charge in [0.1, 0.15) is 0 Å². The van der Waals surface area contributed by atoms with E-state index in [1.807, 2.05) is 18.2 Å². The van der Waals surface area contributed by atoms with Gasteiger partial charge in [0.05, 0.1) is 6.54 Å². The molecule has 0 unspecified atom stereocenters. The van der Waals surface area contributed by atoms with E-state index in [0.29, 0.717) is 26.2 Å². The zero-order valence-corrected chi connectivity index (χ0v) is 12.9. The summed E-state index contributed by atoms with van der Waals surface area (Å²) in [5.41, 5.74) is 6.78. The quantitative estimate of drug-likeness (QED) is 0.597. The van der Waals surface area contributed by atoms with Gasteiger partial charge < -0.3 is 15.8 Å². The number of hydrogen-bond acceptors (Lipinski definition) is 4. The minimum absolute atomic E-state index is 0.0547. The first kappa shape index (κ1) is 17.6. The van der Waals surface area contributed by atoms with Crippen LogP contribution >= 0.6 is 0 Å². The van der Waals surface area contributed by atoms with Crippen molar-refractivity contribution >= 4 is 5.91 Å². The fourth-order valence-corrected chi connectivity index (χ4v) is 2.07. The van der Waals surface area contributed by atoms with E-state index in [9.17, 15) is 4.79 Å². The van der Waals surface area contributed by atoms with E-state index in [0.717, 1.165) is 25.9 Å². The van der Waals surface area contributed by atoms with Crippen molar-refractivity contribution in [3.63, 3.8) is 0 Å². The third-order valence-corrected chi connectivity index (χ3v) is 3.14. The monoisotopic (exact) mass is 293 g/mol. The summed E-state index contributed by atoms with van der Waals surface area (Å²) >= 11 is 0. The van der Waals surface area contributed by atoms with Crippen molar-refractivity contribution in [1.82, 2.24) is 10.2 Å². The van der Waals surface area contributed by atoms with E-state index in [1.165, 1.54) is 5.56 Å². The number of nitrogens with two attached hydrogens (primary N) is 1. The highest BCUT2D eigenvalue weighted by Gasteiger charge is 2.10. The number of hydrogen-bond donors (Lipinski definition) is 2. The molecule has 0 spiro atoms. The van der Waals surface area contributed by atoms with Crippen molar-refractivity contribution in [3.8, 4) is 0 Å². The van der Waals surface area contributed by atoms with Crippen molar-refractivity contribution in [2.24, 2.45) is 5.73 Å². The molecule has 0 aromatic heterocycles. The first-order chi connectivity index (χ1) is 10.3. The third-order valence-electron chi connectivity index (χ3n) is 3.14. The lowest BCUT2D eigenvalue weighted by atomic mass is 10.2. The Morgan fingerprint density at radius 3 is 2.71 bits per heavy atom. The van der Waals surface area contributed by atoms with E-state index >= 15 is 0 Å². The molecule has 0 atom stereocenters. The van der Waals surface area contributed by atoms with Gasteiger partial charge in [-0.2, -0.15) is 0 Å². The van der Waals surface area contributed by atoms with Crippen LogP contribution in [0.15, 0.2) is 30.3 Å². The van der Waals surface area contributed by atoms with Crippen molar-refractivity contribution in [2.75, 3.05) is 39.9 Å². The van der Waals surface area contributed by atoms with E-state index in [1.54, 1.807) is 7.11 Å². The van der Waals surface area contributed by atoms with Crippen molar-refractivity contribution in [3.05, 3.63) is 35.9 Å². The average Bonchev–Trinajstić information content (AvgIpc) is 2.50. The van der Waals surface area contributed by atoms with E-state index < -0.39 is 0 Å². The fourth-order valence-electron chi connectivity index (χ4n) is 2.07. The molecule has 0 aliphatic heterocycles. The predicted octanol–water partition coefficient (Wildman–Crippen LogP) is 0.990. The number of carbonyl (C=O) groups excluding carboxylic acids is 1. The molecular weight excluding hydrogens is 266 g/mol. The lowest BCUT2D eigenvalue weighted by Crippen LogP contribution is -2.38. The number of nitrogens with one attached hydrogen (secondary N) is 1. The molecule has 0 saturated heterocycles. The molecule has 5 heteroatoms. The van der Waals surface area contributed by atoms with Gasteiger partial charge in [0.15, 0.2) is 0 Å². The van der Waals surface area contributed by atoms with Crippen LogP contribution in [-0.4, -0.2) is 50.7 Å². The molecule has 1 aromatic carbocycles. The standard InChI is InChI=1S/C16H27N3O2/c1-21-12-6-10-18-16(20)14-19(11-5-9-17)13-15-7-3-2-4-8-15/h2-4,7-8H,5-6,9-14,17H2,1H3,(H,18,20). The van der Waals surface area contributed by atoms with Gasteiger partial charge in [-0.1, -0.05) is 30.3 Å². The van der Waals surface area contributed by atoms with E-state index in [-0.39, 0.29) is 5.91 Å². The maximum atomic E-state index is 11.9. The summed E-state index contributed by atoms with van der Waals surface area (Å²) in [7, 11) is 1.66. The molecule has 0 aliphatic rings. The second kappa shape index (κ2) is 11.3. The highest BCUT2D eigenvalue weighted by molar-refractivity contribution is 5.77. The molecule has 1 amide bonds. The van der Waals surface area contributed by atoms with Crippen LogP contribution in [0.4, 0.5) is 0 Å². The molecule has 0 heterocycles. The third kappa shape index (κ3) is 8.45. The van der Waals surface area contributed by atoms with Crippen LogP contribution in [0, 0.1) is 0 Å². The molecule has 21 heavy (non-hydrogen) atoms. The maximum absolute atomic E-state index is 11.9. The molecule has 0 radical (unpaired) electrons. The van der Waals surface area contributed by atoms with Crippen molar-refractivity contribution in [2.45, 2.75) is 19.4 Å². The van der Waals surface area contributed by atoms with Gasteiger partial charge in [-0.3, -0.25) is 9.69 Å². The Kier molecular flexibility index (Phi) is 9.44. The second-order valence-electron chi connectivity index (χ2n) is 5.03. The Bertz CT molecular complexity index is 384. The summed E-state index contributed by atoms with van der Waals surface area (Å²) in [6, 6.07) is 10.2. The Labute approximate surface area is 127 Å². The van der Waals surface area contributed by atoms with Gasteiger partial charge in [-0.25, -0.2) is 0 Å². The van der Waals surface area contributed by atoms with Crippen LogP contribution in [0.2, 0.25) is 0 Å². The van der Waals surface area contributed by atoms with Crippen LogP contribution in [0.25, 0.3) is 0 Å². The predicted molar refractivity (Wildman–Crippen MR) is 84.9 cm³/mol. The number of carbonyl (C=O) groups is 1. The molecule has 1 aromatic rings. The molecule has 1 rings (SSSR count). The normalized spacial score (nSPS) is 10.8. The number of nitrogens with zero attached hydrogens (tertiary/aromatic N) is 1. The van der Waals surface area contributed by atoms with E-state index in [4.69, 9.17) is 10.5 Å². The van der Waals surface area contributed by atoms with Crippen LogP contribution in [0.1, 0.15) is 18.4 Å². The minimum Gasteiger partial charge on any atom is -0.385 e. The number of methoxy groups -OCH3 is 1. The Hall–Kier alpha value is -1.43. The number of rotatable bonds is 11. The second-order valence-corrected chi connectivity index (χ2v) is 5.03. The molecule has 0 fully saturated rings. The van der Waals surface area contributed by atoms with Crippen LogP contribution < -0.4 is 11.1 Å². The smallest absolute Gasteiger partial charge is 0.234 e. The summed E-state index contributed by atoms with van der Waals surface area (Å²) in [5, 5.41) is 2.92. The molecule has 3 N–H and O–H groups in total. The minimum atomic E-state index is 0.0547. The first-order valence-corrected chi connectivity index (χ1v) is 7.48. The Morgan fingerprint density at radius 2 is 2.05 bits per heavy atom. The van der Waals surface area contributed by atoms with Crippen LogP contribution in [0.5, 0.6) is 0 Å². The molecule has 5 nitrogen and oxygen atoms in total. The molecular formula is C16H27N3O2. The van der Waals surface area contributed by atoms with Gasteiger partial charge in [0.25, 0.3) is 0 Å². The zero-order chi connectivity index (χ0) is 15.3. The van der Waals surface area contributed by atoms with Gasteiger partial charge in [0, 0.05) is 33.4 Å². The average molecular weight is 293 g/mol. The Morgan fingerprint density at radius 1 is 1.29 bits per heavy atom. The van der Waals surface area contributed by atoms with Crippen LogP contribution in [-0.2, 0) is 16.1 Å². The molecule has 0 aliphatic carbocycles. The van der Waals surface area contributed by atoms with Gasteiger partial charge >= 0.3 is 0 Å². The summed E-state index contributed by atoms with van der Waals surface area (Å²) in [6.45, 7) is 3.97. The fraction of sp³-hybridized carbons (Fsp3) is 0.562. The largest absolute Gasteiger partial charge is 0.385 e. The highest BCUT2D eigenvalue weighted by atomic mass is 16.5. The SMILES string of the molecule is COCCCNC(=O)CN(CCCN)Cc1ccccc1. The first-order valence-electron chi connectivity index (χ1n) is 7.48. The zero-order valence-electron chi connectivity index (χ0n) is 12.9. The van der Waals surface area contributed by atoms with E-state index in [2.05, 4.69) is 22.3 Å². The number of benzene rings is 1. The van der Waals surface area contributed by atoms with Gasteiger partial charge in [0.2, 0.25) is 5.91 Å². The summed E-state index contributed by atoms with van der Waals surface area (Å²) < 4.78 is 4.96. The lowest BCUT2D eigenvalue weighted by molar-refractivity contribution is -0.122. The van der Waals surface area contributed by atoms with Crippen LogP contribution in [0.3, 0.4) is 0 Å². The number of amides is 1. The topological polar surface area (TPSA) is 67.6 Å². The van der Waals surface area contributed by atoms with Gasteiger partial charge in [-0.05, 0) is 24.9 Å². The maximum Gasteiger partial charge on any atom is 0.234 e. The summed E-state index contributed by atoms with van der Waals surface area (Å²) in [5.74, 6) is 0.0547.